The minimum Gasteiger partial charge on any atom is -0.301 e. The molecule has 1 fully saturated rings. The number of carbonyl (C=O) groups excluding carboxylic acids is 1. The lowest BCUT2D eigenvalue weighted by atomic mass is 10.2. The van der Waals surface area contributed by atoms with Gasteiger partial charge in [-0.1, -0.05) is 6.92 Å². The van der Waals surface area contributed by atoms with Crippen LogP contribution in [0, 0.1) is 0 Å². The minimum atomic E-state index is 0.835. The Hall–Kier alpha value is -0.710. The van der Waals surface area contributed by atoms with Crippen LogP contribution in [0.2, 0.25) is 0 Å². The van der Waals surface area contributed by atoms with Crippen LogP contribution in [0.3, 0.4) is 0 Å². The van der Waals surface area contributed by atoms with Crippen LogP contribution in [0.4, 0.5) is 0 Å². The summed E-state index contributed by atoms with van der Waals surface area (Å²) in [6.45, 7) is 8.97. The van der Waals surface area contributed by atoms with Gasteiger partial charge in [0.05, 0.1) is 4.88 Å². The predicted molar refractivity (Wildman–Crippen MR) is 67.1 cm³/mol. The van der Waals surface area contributed by atoms with E-state index in [4.69, 9.17) is 0 Å². The number of thiophene rings is 1. The van der Waals surface area contributed by atoms with Crippen molar-refractivity contribution >= 4 is 17.6 Å². The van der Waals surface area contributed by atoms with Gasteiger partial charge in [0, 0.05) is 32.7 Å². The van der Waals surface area contributed by atoms with Crippen LogP contribution in [-0.4, -0.2) is 48.8 Å². The fourth-order valence-corrected chi connectivity index (χ4v) is 2.77. The smallest absolute Gasteiger partial charge is 0.160 e. The third-order valence-corrected chi connectivity index (χ3v) is 4.02. The summed E-state index contributed by atoms with van der Waals surface area (Å²) in [7, 11) is 0. The largest absolute Gasteiger partial charge is 0.301 e. The highest BCUT2D eigenvalue weighted by Crippen LogP contribution is 2.15. The summed E-state index contributed by atoms with van der Waals surface area (Å²) in [4.78, 5) is 16.4. The lowest BCUT2D eigenvalue weighted by Crippen LogP contribution is -2.45. The Kier molecular flexibility index (Phi) is 4.09. The van der Waals surface area contributed by atoms with E-state index in [-0.39, 0.29) is 0 Å². The van der Waals surface area contributed by atoms with Crippen molar-refractivity contribution in [3.05, 3.63) is 21.9 Å². The summed E-state index contributed by atoms with van der Waals surface area (Å²) in [6.07, 6.45) is 0.934. The molecule has 1 aliphatic rings. The van der Waals surface area contributed by atoms with E-state index in [2.05, 4.69) is 22.1 Å². The Balaban J connectivity index is 1.84. The molecule has 1 aromatic rings. The van der Waals surface area contributed by atoms with Crippen molar-refractivity contribution in [2.24, 2.45) is 0 Å². The lowest BCUT2D eigenvalue weighted by molar-refractivity contribution is 0.112. The highest BCUT2D eigenvalue weighted by atomic mass is 32.1. The van der Waals surface area contributed by atoms with Gasteiger partial charge in [0.15, 0.2) is 6.29 Å². The first-order valence-electron chi connectivity index (χ1n) is 5.79. The molecule has 2 heterocycles. The quantitative estimate of drug-likeness (QED) is 0.746. The van der Waals surface area contributed by atoms with Crippen molar-refractivity contribution in [1.29, 1.82) is 0 Å². The van der Waals surface area contributed by atoms with Crippen molar-refractivity contribution in [3.8, 4) is 0 Å². The Morgan fingerprint density at radius 2 is 2.00 bits per heavy atom. The second-order valence-electron chi connectivity index (χ2n) is 4.19. The van der Waals surface area contributed by atoms with Crippen LogP contribution >= 0.6 is 11.3 Å². The van der Waals surface area contributed by atoms with Gasteiger partial charge in [-0.05, 0) is 23.6 Å². The molecule has 0 aliphatic carbocycles. The molecule has 0 aromatic carbocycles. The number of hydrogen-bond donors (Lipinski definition) is 0. The van der Waals surface area contributed by atoms with Crippen molar-refractivity contribution in [1.82, 2.24) is 9.80 Å². The van der Waals surface area contributed by atoms with Crippen LogP contribution in [0.1, 0.15) is 22.2 Å². The molecule has 1 saturated heterocycles. The molecule has 0 amide bonds. The summed E-state index contributed by atoms with van der Waals surface area (Å²) in [5, 5.41) is 2.09. The molecule has 88 valence electrons. The third kappa shape index (κ3) is 2.90. The average Bonchev–Trinajstić information content (AvgIpc) is 2.78. The first-order valence-corrected chi connectivity index (χ1v) is 6.67. The Labute approximate surface area is 101 Å². The molecule has 16 heavy (non-hydrogen) atoms. The van der Waals surface area contributed by atoms with E-state index in [1.165, 1.54) is 30.0 Å². The molecule has 2 rings (SSSR count). The standard InChI is InChI=1S/C12H18N2OS/c1-2-13-3-5-14(6-4-13)8-11-7-12(9-15)16-10-11/h7,9-10H,2-6,8H2,1H3. The Morgan fingerprint density at radius 1 is 1.31 bits per heavy atom. The number of likely N-dealkylation sites (N-methyl/N-ethyl adjacent to an activating group) is 1. The van der Waals surface area contributed by atoms with Gasteiger partial charge in [-0.15, -0.1) is 11.3 Å². The second kappa shape index (κ2) is 5.57. The zero-order valence-electron chi connectivity index (χ0n) is 9.69. The van der Waals surface area contributed by atoms with Gasteiger partial charge < -0.3 is 4.90 Å². The van der Waals surface area contributed by atoms with Gasteiger partial charge in [-0.3, -0.25) is 9.69 Å². The van der Waals surface area contributed by atoms with E-state index in [1.807, 2.05) is 6.07 Å². The topological polar surface area (TPSA) is 23.6 Å². The maximum Gasteiger partial charge on any atom is 0.160 e. The number of carbonyl (C=O) groups is 1. The Morgan fingerprint density at radius 3 is 2.56 bits per heavy atom. The molecular weight excluding hydrogens is 220 g/mol. The molecule has 0 saturated carbocycles. The maximum absolute atomic E-state index is 10.6. The van der Waals surface area contributed by atoms with E-state index in [9.17, 15) is 4.79 Å². The lowest BCUT2D eigenvalue weighted by Gasteiger charge is -2.33. The number of nitrogens with zero attached hydrogens (tertiary/aromatic N) is 2. The van der Waals surface area contributed by atoms with Crippen LogP contribution < -0.4 is 0 Å². The molecule has 0 radical (unpaired) electrons. The molecule has 3 nitrogen and oxygen atoms in total. The van der Waals surface area contributed by atoms with E-state index >= 15 is 0 Å². The van der Waals surface area contributed by atoms with Gasteiger partial charge in [-0.25, -0.2) is 0 Å². The second-order valence-corrected chi connectivity index (χ2v) is 5.13. The maximum atomic E-state index is 10.6. The highest BCUT2D eigenvalue weighted by Gasteiger charge is 2.15. The summed E-state index contributed by atoms with van der Waals surface area (Å²) in [6, 6.07) is 2.00. The number of aldehydes is 1. The van der Waals surface area contributed by atoms with Crippen molar-refractivity contribution in [2.45, 2.75) is 13.5 Å². The molecular formula is C12H18N2OS. The third-order valence-electron chi connectivity index (χ3n) is 3.11. The summed E-state index contributed by atoms with van der Waals surface area (Å²) in [5.41, 5.74) is 1.28. The molecule has 0 bridgehead atoms. The Bertz CT molecular complexity index is 343. The summed E-state index contributed by atoms with van der Waals surface area (Å²) < 4.78 is 0. The zero-order valence-corrected chi connectivity index (χ0v) is 10.5. The summed E-state index contributed by atoms with van der Waals surface area (Å²) >= 11 is 1.54. The normalized spacial score (nSPS) is 18.8. The van der Waals surface area contributed by atoms with Crippen molar-refractivity contribution < 1.29 is 4.79 Å². The fourth-order valence-electron chi connectivity index (χ4n) is 2.06. The van der Waals surface area contributed by atoms with E-state index < -0.39 is 0 Å². The first kappa shape index (κ1) is 11.8. The fraction of sp³-hybridized carbons (Fsp3) is 0.583. The molecule has 0 unspecified atom stereocenters. The minimum absolute atomic E-state index is 0.835. The zero-order chi connectivity index (χ0) is 11.4. The van der Waals surface area contributed by atoms with Gasteiger partial charge in [0.1, 0.15) is 0 Å². The van der Waals surface area contributed by atoms with Crippen molar-refractivity contribution in [2.75, 3.05) is 32.7 Å². The van der Waals surface area contributed by atoms with Gasteiger partial charge in [0.2, 0.25) is 0 Å². The van der Waals surface area contributed by atoms with Gasteiger partial charge in [0.25, 0.3) is 0 Å². The molecule has 4 heteroatoms. The van der Waals surface area contributed by atoms with Crippen LogP contribution in [0.25, 0.3) is 0 Å². The van der Waals surface area contributed by atoms with E-state index in [1.54, 1.807) is 0 Å². The van der Waals surface area contributed by atoms with Crippen LogP contribution in [-0.2, 0) is 6.54 Å². The molecule has 0 N–H and O–H groups in total. The first-order chi connectivity index (χ1) is 7.81. The van der Waals surface area contributed by atoms with Crippen molar-refractivity contribution in [3.63, 3.8) is 0 Å². The summed E-state index contributed by atoms with van der Waals surface area (Å²) in [5.74, 6) is 0. The SMILES string of the molecule is CCN1CCN(Cc2csc(C=O)c2)CC1. The van der Waals surface area contributed by atoms with Crippen LogP contribution in [0.15, 0.2) is 11.4 Å². The monoisotopic (exact) mass is 238 g/mol. The average molecular weight is 238 g/mol. The number of rotatable bonds is 4. The predicted octanol–water partition coefficient (Wildman–Crippen LogP) is 1.70. The molecule has 0 spiro atoms. The highest BCUT2D eigenvalue weighted by molar-refractivity contribution is 7.11. The van der Waals surface area contributed by atoms with E-state index in [0.717, 1.165) is 37.3 Å². The van der Waals surface area contributed by atoms with Gasteiger partial charge in [-0.2, -0.15) is 0 Å². The number of hydrogen-bond acceptors (Lipinski definition) is 4. The molecule has 1 aromatic heterocycles. The van der Waals surface area contributed by atoms with Gasteiger partial charge >= 0.3 is 0 Å². The molecule has 1 aliphatic heterocycles. The van der Waals surface area contributed by atoms with Crippen LogP contribution in [0.5, 0.6) is 0 Å². The number of piperazine rings is 1. The molecule has 0 atom stereocenters. The van der Waals surface area contributed by atoms with E-state index in [0.29, 0.717) is 0 Å².